The van der Waals surface area contributed by atoms with Crippen molar-refractivity contribution in [3.63, 3.8) is 0 Å². The molecule has 0 radical (unpaired) electrons. The van der Waals surface area contributed by atoms with Crippen LogP contribution in [0.25, 0.3) is 11.1 Å². The maximum absolute atomic E-state index is 13.7. The molecule has 2 rings (SSSR count). The number of benzene rings is 2. The van der Waals surface area contributed by atoms with E-state index < -0.39 is 17.6 Å². The summed E-state index contributed by atoms with van der Waals surface area (Å²) in [5.41, 5.74) is 6.12. The summed E-state index contributed by atoms with van der Waals surface area (Å²) in [5.74, 6) is -0.694. The molecule has 0 saturated heterocycles. The number of hydrogen-bond acceptors (Lipinski definition) is 1. The van der Waals surface area contributed by atoms with E-state index in [2.05, 4.69) is 0 Å². The molecule has 2 N–H and O–H groups in total. The van der Waals surface area contributed by atoms with Gasteiger partial charge in [0.15, 0.2) is 0 Å². The van der Waals surface area contributed by atoms with Crippen LogP contribution in [0.5, 0.6) is 0 Å². The van der Waals surface area contributed by atoms with Crippen LogP contribution in [0.3, 0.4) is 0 Å². The maximum Gasteiger partial charge on any atom is 0.416 e. The van der Waals surface area contributed by atoms with E-state index in [1.807, 2.05) is 0 Å². The Morgan fingerprint density at radius 2 is 1.63 bits per heavy atom. The Labute approximate surface area is 107 Å². The Kier molecular flexibility index (Phi) is 3.22. The molecule has 0 amide bonds. The van der Waals surface area contributed by atoms with Gasteiger partial charge in [-0.2, -0.15) is 13.2 Å². The third kappa shape index (κ3) is 2.70. The van der Waals surface area contributed by atoms with Gasteiger partial charge in [0, 0.05) is 11.3 Å². The fraction of sp³-hybridized carbons (Fsp3) is 0.143. The van der Waals surface area contributed by atoms with Gasteiger partial charge >= 0.3 is 6.18 Å². The highest BCUT2D eigenvalue weighted by molar-refractivity contribution is 5.70. The van der Waals surface area contributed by atoms with Gasteiger partial charge in [-0.15, -0.1) is 0 Å². The molecule has 19 heavy (non-hydrogen) atoms. The summed E-state index contributed by atoms with van der Waals surface area (Å²) in [6, 6.07) is 7.01. The van der Waals surface area contributed by atoms with E-state index in [0.29, 0.717) is 16.8 Å². The Hall–Kier alpha value is -2.04. The molecule has 0 aliphatic rings. The van der Waals surface area contributed by atoms with Crippen molar-refractivity contribution in [3.8, 4) is 11.1 Å². The van der Waals surface area contributed by atoms with E-state index in [1.54, 1.807) is 13.0 Å². The summed E-state index contributed by atoms with van der Waals surface area (Å²) >= 11 is 0. The standard InChI is InChI=1S/C14H11F4N/c1-8-6-10(19)3-4-11(8)12-7-9(14(16,17)18)2-5-13(12)15/h2-7H,19H2,1H3. The molecule has 5 heteroatoms. The summed E-state index contributed by atoms with van der Waals surface area (Å²) < 4.78 is 51.6. The number of hydrogen-bond donors (Lipinski definition) is 1. The predicted molar refractivity (Wildman–Crippen MR) is 66.0 cm³/mol. The molecule has 0 bridgehead atoms. The van der Waals surface area contributed by atoms with Crippen LogP contribution in [0.2, 0.25) is 0 Å². The molecule has 0 atom stereocenters. The van der Waals surface area contributed by atoms with Gasteiger partial charge in [-0.25, -0.2) is 4.39 Å². The molecule has 0 heterocycles. The van der Waals surface area contributed by atoms with Crippen molar-refractivity contribution in [2.24, 2.45) is 0 Å². The molecular formula is C14H11F4N. The number of aryl methyl sites for hydroxylation is 1. The van der Waals surface area contributed by atoms with Crippen molar-refractivity contribution in [1.82, 2.24) is 0 Å². The van der Waals surface area contributed by atoms with Gasteiger partial charge in [0.25, 0.3) is 0 Å². The zero-order valence-corrected chi connectivity index (χ0v) is 10.1. The van der Waals surface area contributed by atoms with Gasteiger partial charge in [0.2, 0.25) is 0 Å². The second kappa shape index (κ2) is 4.57. The first-order valence-corrected chi connectivity index (χ1v) is 5.52. The zero-order valence-electron chi connectivity index (χ0n) is 10.1. The zero-order chi connectivity index (χ0) is 14.2. The molecule has 100 valence electrons. The highest BCUT2D eigenvalue weighted by Crippen LogP contribution is 2.34. The number of alkyl halides is 3. The second-order valence-electron chi connectivity index (χ2n) is 4.27. The number of halogens is 4. The average Bonchev–Trinajstić information content (AvgIpc) is 2.29. The highest BCUT2D eigenvalue weighted by Gasteiger charge is 2.31. The Balaban J connectivity index is 2.61. The van der Waals surface area contributed by atoms with Crippen LogP contribution in [0.15, 0.2) is 36.4 Å². The predicted octanol–water partition coefficient (Wildman–Crippen LogP) is 4.40. The fourth-order valence-corrected chi connectivity index (χ4v) is 1.90. The molecule has 0 unspecified atom stereocenters. The summed E-state index contributed by atoms with van der Waals surface area (Å²) in [5, 5.41) is 0. The lowest BCUT2D eigenvalue weighted by Gasteiger charge is -2.12. The molecule has 0 spiro atoms. The SMILES string of the molecule is Cc1cc(N)ccc1-c1cc(C(F)(F)F)ccc1F. The lowest BCUT2D eigenvalue weighted by Crippen LogP contribution is -2.05. The average molecular weight is 269 g/mol. The van der Waals surface area contributed by atoms with Crippen LogP contribution >= 0.6 is 0 Å². The topological polar surface area (TPSA) is 26.0 Å². The van der Waals surface area contributed by atoms with Crippen LogP contribution in [0, 0.1) is 12.7 Å². The van der Waals surface area contributed by atoms with E-state index in [0.717, 1.165) is 18.2 Å². The molecule has 0 aromatic heterocycles. The van der Waals surface area contributed by atoms with Gasteiger partial charge in [0.05, 0.1) is 5.56 Å². The minimum atomic E-state index is -4.50. The Bertz CT molecular complexity index is 617. The monoisotopic (exact) mass is 269 g/mol. The van der Waals surface area contributed by atoms with Crippen molar-refractivity contribution in [2.75, 3.05) is 5.73 Å². The molecule has 0 aliphatic heterocycles. The third-order valence-electron chi connectivity index (χ3n) is 2.83. The number of rotatable bonds is 1. The van der Waals surface area contributed by atoms with E-state index in [1.165, 1.54) is 12.1 Å². The van der Waals surface area contributed by atoms with Gasteiger partial charge in [-0.05, 0) is 48.4 Å². The summed E-state index contributed by atoms with van der Waals surface area (Å²) in [4.78, 5) is 0. The summed E-state index contributed by atoms with van der Waals surface area (Å²) in [6.07, 6.45) is -4.50. The minimum absolute atomic E-state index is 0.0766. The molecule has 0 saturated carbocycles. The van der Waals surface area contributed by atoms with Crippen molar-refractivity contribution >= 4 is 5.69 Å². The van der Waals surface area contributed by atoms with Gasteiger partial charge in [0.1, 0.15) is 5.82 Å². The van der Waals surface area contributed by atoms with E-state index in [9.17, 15) is 17.6 Å². The molecule has 2 aromatic carbocycles. The largest absolute Gasteiger partial charge is 0.416 e. The lowest BCUT2D eigenvalue weighted by atomic mass is 9.97. The van der Waals surface area contributed by atoms with Gasteiger partial charge < -0.3 is 5.73 Å². The molecule has 0 aliphatic carbocycles. The first kappa shape index (κ1) is 13.4. The van der Waals surface area contributed by atoms with Crippen molar-refractivity contribution in [2.45, 2.75) is 13.1 Å². The molecule has 2 aromatic rings. The maximum atomic E-state index is 13.7. The van der Waals surface area contributed by atoms with Crippen LogP contribution in [0.1, 0.15) is 11.1 Å². The second-order valence-corrected chi connectivity index (χ2v) is 4.27. The van der Waals surface area contributed by atoms with Crippen LogP contribution in [0.4, 0.5) is 23.2 Å². The number of nitrogens with two attached hydrogens (primary N) is 1. The highest BCUT2D eigenvalue weighted by atomic mass is 19.4. The molecular weight excluding hydrogens is 258 g/mol. The number of anilines is 1. The van der Waals surface area contributed by atoms with Gasteiger partial charge in [-0.3, -0.25) is 0 Å². The van der Waals surface area contributed by atoms with Crippen molar-refractivity contribution in [1.29, 1.82) is 0 Å². The Morgan fingerprint density at radius 1 is 0.947 bits per heavy atom. The normalized spacial score (nSPS) is 11.6. The van der Waals surface area contributed by atoms with Crippen molar-refractivity contribution < 1.29 is 17.6 Å². The first-order chi connectivity index (χ1) is 8.79. The van der Waals surface area contributed by atoms with Crippen LogP contribution < -0.4 is 5.73 Å². The van der Waals surface area contributed by atoms with E-state index in [-0.39, 0.29) is 5.56 Å². The Morgan fingerprint density at radius 3 is 2.21 bits per heavy atom. The molecule has 0 fully saturated rings. The van der Waals surface area contributed by atoms with E-state index in [4.69, 9.17) is 5.73 Å². The molecule has 1 nitrogen and oxygen atoms in total. The lowest BCUT2D eigenvalue weighted by molar-refractivity contribution is -0.137. The van der Waals surface area contributed by atoms with Crippen LogP contribution in [-0.4, -0.2) is 0 Å². The van der Waals surface area contributed by atoms with Crippen LogP contribution in [-0.2, 0) is 6.18 Å². The first-order valence-electron chi connectivity index (χ1n) is 5.52. The van der Waals surface area contributed by atoms with Crippen molar-refractivity contribution in [3.05, 3.63) is 53.3 Å². The quantitative estimate of drug-likeness (QED) is 0.602. The van der Waals surface area contributed by atoms with Gasteiger partial charge in [-0.1, -0.05) is 6.07 Å². The number of nitrogen functional groups attached to an aromatic ring is 1. The van der Waals surface area contributed by atoms with E-state index >= 15 is 0 Å². The summed E-state index contributed by atoms with van der Waals surface area (Å²) in [7, 11) is 0. The minimum Gasteiger partial charge on any atom is -0.399 e. The third-order valence-corrected chi connectivity index (χ3v) is 2.83. The fourth-order valence-electron chi connectivity index (χ4n) is 1.90. The summed E-state index contributed by atoms with van der Waals surface area (Å²) in [6.45, 7) is 1.67. The smallest absolute Gasteiger partial charge is 0.399 e.